The van der Waals surface area contributed by atoms with Gasteiger partial charge in [-0.25, -0.2) is 4.79 Å². The lowest BCUT2D eigenvalue weighted by Crippen LogP contribution is -2.27. The van der Waals surface area contributed by atoms with Crippen LogP contribution in [0.25, 0.3) is 0 Å². The number of hydrogen-bond donors (Lipinski definition) is 0. The summed E-state index contributed by atoms with van der Waals surface area (Å²) >= 11 is 0. The molecule has 20 heavy (non-hydrogen) atoms. The summed E-state index contributed by atoms with van der Waals surface area (Å²) in [5, 5.41) is 0. The highest BCUT2D eigenvalue weighted by atomic mass is 16.5. The van der Waals surface area contributed by atoms with Crippen LogP contribution in [-0.2, 0) is 20.8 Å². The molecule has 1 aliphatic carbocycles. The monoisotopic (exact) mass is 278 g/mol. The lowest BCUT2D eigenvalue weighted by molar-refractivity contribution is -0.0363. The zero-order chi connectivity index (χ0) is 14.4. The number of methoxy groups -OCH3 is 2. The van der Waals surface area contributed by atoms with E-state index in [0.29, 0.717) is 18.3 Å². The summed E-state index contributed by atoms with van der Waals surface area (Å²) in [6.07, 6.45) is 4.95. The van der Waals surface area contributed by atoms with Gasteiger partial charge in [-0.15, -0.1) is 0 Å². The molecule has 0 aromatic heterocycles. The van der Waals surface area contributed by atoms with Crippen molar-refractivity contribution in [2.24, 2.45) is 0 Å². The quantitative estimate of drug-likeness (QED) is 0.777. The van der Waals surface area contributed by atoms with E-state index < -0.39 is 0 Å². The summed E-state index contributed by atoms with van der Waals surface area (Å²) in [4.78, 5) is 11.3. The molecular formula is C16H22O4. The highest BCUT2D eigenvalue weighted by Gasteiger charge is 2.22. The molecule has 2 unspecified atom stereocenters. The molecule has 1 aliphatic rings. The molecule has 1 aromatic carbocycles. The number of carbonyl (C=O) groups is 1. The van der Waals surface area contributed by atoms with Crippen molar-refractivity contribution in [3.05, 3.63) is 35.4 Å². The molecule has 0 aliphatic heterocycles. The molecule has 2 atom stereocenters. The molecule has 1 aromatic rings. The molecule has 0 amide bonds. The van der Waals surface area contributed by atoms with Gasteiger partial charge in [-0.2, -0.15) is 0 Å². The van der Waals surface area contributed by atoms with E-state index in [0.717, 1.165) is 31.2 Å². The van der Waals surface area contributed by atoms with Gasteiger partial charge in [0, 0.05) is 7.11 Å². The minimum absolute atomic E-state index is 0.272. The third-order valence-electron chi connectivity index (χ3n) is 3.77. The van der Waals surface area contributed by atoms with Gasteiger partial charge in [0.05, 0.1) is 31.5 Å². The van der Waals surface area contributed by atoms with E-state index in [1.165, 1.54) is 7.11 Å². The van der Waals surface area contributed by atoms with Crippen molar-refractivity contribution in [1.82, 2.24) is 0 Å². The summed E-state index contributed by atoms with van der Waals surface area (Å²) in [6.45, 7) is 0.572. The summed E-state index contributed by atoms with van der Waals surface area (Å²) < 4.78 is 16.0. The van der Waals surface area contributed by atoms with E-state index in [2.05, 4.69) is 4.74 Å². The van der Waals surface area contributed by atoms with Gasteiger partial charge in [0.15, 0.2) is 0 Å². The highest BCUT2D eigenvalue weighted by Crippen LogP contribution is 2.24. The fraction of sp³-hybridized carbons (Fsp3) is 0.562. The van der Waals surface area contributed by atoms with Gasteiger partial charge in [0.25, 0.3) is 0 Å². The summed E-state index contributed by atoms with van der Waals surface area (Å²) in [7, 11) is 3.15. The predicted molar refractivity (Wildman–Crippen MR) is 75.6 cm³/mol. The SMILES string of the molecule is COC(=O)c1ccc(COC2CCCC(OC)C2)cc1. The fourth-order valence-electron chi connectivity index (χ4n) is 2.54. The largest absolute Gasteiger partial charge is 0.465 e. The van der Waals surface area contributed by atoms with E-state index in [1.54, 1.807) is 19.2 Å². The average molecular weight is 278 g/mol. The van der Waals surface area contributed by atoms with Crippen molar-refractivity contribution >= 4 is 5.97 Å². The number of esters is 1. The van der Waals surface area contributed by atoms with Crippen LogP contribution in [0.4, 0.5) is 0 Å². The molecule has 0 saturated heterocycles. The van der Waals surface area contributed by atoms with Crippen molar-refractivity contribution < 1.29 is 19.0 Å². The highest BCUT2D eigenvalue weighted by molar-refractivity contribution is 5.89. The number of ether oxygens (including phenoxy) is 3. The molecule has 110 valence electrons. The average Bonchev–Trinajstić information content (AvgIpc) is 2.53. The number of hydrogen-bond acceptors (Lipinski definition) is 4. The van der Waals surface area contributed by atoms with Crippen LogP contribution in [0.1, 0.15) is 41.6 Å². The Kier molecular flexibility index (Phi) is 5.56. The first kappa shape index (κ1) is 15.0. The molecule has 0 N–H and O–H groups in total. The maximum Gasteiger partial charge on any atom is 0.337 e. The standard InChI is InChI=1S/C16H22O4/c1-18-14-4-3-5-15(10-14)20-11-12-6-8-13(9-7-12)16(17)19-2/h6-9,14-15H,3-5,10-11H2,1-2H3. The summed E-state index contributed by atoms with van der Waals surface area (Å²) in [6, 6.07) is 7.35. The van der Waals surface area contributed by atoms with Crippen LogP contribution in [0, 0.1) is 0 Å². The van der Waals surface area contributed by atoms with Crippen LogP contribution in [-0.4, -0.2) is 32.4 Å². The number of rotatable bonds is 5. The smallest absolute Gasteiger partial charge is 0.337 e. The Bertz CT molecular complexity index is 427. The van der Waals surface area contributed by atoms with Crippen LogP contribution < -0.4 is 0 Å². The fourth-order valence-corrected chi connectivity index (χ4v) is 2.54. The first-order valence-corrected chi connectivity index (χ1v) is 7.04. The first-order valence-electron chi connectivity index (χ1n) is 7.04. The maximum absolute atomic E-state index is 11.3. The molecule has 0 spiro atoms. The topological polar surface area (TPSA) is 44.8 Å². The Hall–Kier alpha value is -1.39. The van der Waals surface area contributed by atoms with Crippen molar-refractivity contribution in [3.63, 3.8) is 0 Å². The van der Waals surface area contributed by atoms with Crippen molar-refractivity contribution in [2.45, 2.75) is 44.5 Å². The zero-order valence-electron chi connectivity index (χ0n) is 12.1. The number of benzene rings is 1. The molecule has 1 fully saturated rings. The van der Waals surface area contributed by atoms with Crippen molar-refractivity contribution in [3.8, 4) is 0 Å². The van der Waals surface area contributed by atoms with Gasteiger partial charge in [0.1, 0.15) is 0 Å². The lowest BCUT2D eigenvalue weighted by atomic mass is 9.95. The Morgan fingerprint density at radius 3 is 2.50 bits per heavy atom. The molecule has 0 bridgehead atoms. The van der Waals surface area contributed by atoms with E-state index in [9.17, 15) is 4.79 Å². The van der Waals surface area contributed by atoms with Gasteiger partial charge < -0.3 is 14.2 Å². The van der Waals surface area contributed by atoms with Gasteiger partial charge in [0.2, 0.25) is 0 Å². The van der Waals surface area contributed by atoms with E-state index in [-0.39, 0.29) is 12.1 Å². The van der Waals surface area contributed by atoms with Gasteiger partial charge in [-0.3, -0.25) is 0 Å². The molecule has 2 rings (SSSR count). The minimum atomic E-state index is -0.312. The van der Waals surface area contributed by atoms with Crippen LogP contribution in [0.3, 0.4) is 0 Å². The molecular weight excluding hydrogens is 256 g/mol. The van der Waals surface area contributed by atoms with Crippen LogP contribution in [0.5, 0.6) is 0 Å². The second-order valence-corrected chi connectivity index (χ2v) is 5.15. The lowest BCUT2D eigenvalue weighted by Gasteiger charge is -2.28. The molecule has 1 saturated carbocycles. The van der Waals surface area contributed by atoms with E-state index >= 15 is 0 Å². The Morgan fingerprint density at radius 1 is 1.15 bits per heavy atom. The van der Waals surface area contributed by atoms with Gasteiger partial charge in [-0.05, 0) is 43.4 Å². The van der Waals surface area contributed by atoms with Crippen LogP contribution >= 0.6 is 0 Å². The second kappa shape index (κ2) is 7.41. The number of carbonyl (C=O) groups excluding carboxylic acids is 1. The van der Waals surface area contributed by atoms with E-state index in [1.807, 2.05) is 12.1 Å². The Labute approximate surface area is 120 Å². The Balaban J connectivity index is 1.83. The third-order valence-corrected chi connectivity index (χ3v) is 3.77. The van der Waals surface area contributed by atoms with Gasteiger partial charge >= 0.3 is 5.97 Å². The summed E-state index contributed by atoms with van der Waals surface area (Å²) in [5.41, 5.74) is 1.63. The first-order chi connectivity index (χ1) is 9.72. The summed E-state index contributed by atoms with van der Waals surface area (Å²) in [5.74, 6) is -0.312. The molecule has 4 nitrogen and oxygen atoms in total. The van der Waals surface area contributed by atoms with Crippen molar-refractivity contribution in [2.75, 3.05) is 14.2 Å². The predicted octanol–water partition coefficient (Wildman–Crippen LogP) is 2.95. The molecule has 0 heterocycles. The Morgan fingerprint density at radius 2 is 1.85 bits per heavy atom. The van der Waals surface area contributed by atoms with Crippen LogP contribution in [0.2, 0.25) is 0 Å². The molecule has 0 radical (unpaired) electrons. The minimum Gasteiger partial charge on any atom is -0.465 e. The second-order valence-electron chi connectivity index (χ2n) is 5.15. The molecule has 4 heteroatoms. The third kappa shape index (κ3) is 4.05. The maximum atomic E-state index is 11.3. The zero-order valence-corrected chi connectivity index (χ0v) is 12.1. The van der Waals surface area contributed by atoms with Crippen molar-refractivity contribution in [1.29, 1.82) is 0 Å². The van der Waals surface area contributed by atoms with Gasteiger partial charge in [-0.1, -0.05) is 12.1 Å². The normalized spacial score (nSPS) is 22.5. The van der Waals surface area contributed by atoms with Crippen LogP contribution in [0.15, 0.2) is 24.3 Å². The van der Waals surface area contributed by atoms with E-state index in [4.69, 9.17) is 9.47 Å².